The van der Waals surface area contributed by atoms with Crippen molar-refractivity contribution in [3.63, 3.8) is 0 Å². The average Bonchev–Trinajstić information content (AvgIpc) is 2.17. The van der Waals surface area contributed by atoms with Crippen LogP contribution < -0.4 is 5.32 Å². The fraction of sp³-hybridized carbons (Fsp3) is 0.556. The maximum Gasteiger partial charge on any atom is 0.225 e. The number of hydrogen-bond donors (Lipinski definition) is 1. The van der Waals surface area contributed by atoms with Crippen LogP contribution in [0.2, 0.25) is 10.3 Å². The smallest absolute Gasteiger partial charge is 0.225 e. The number of nitrogens with one attached hydrogen (secondary N) is 1. The van der Waals surface area contributed by atoms with Crippen molar-refractivity contribution in [2.75, 3.05) is 18.5 Å². The van der Waals surface area contributed by atoms with Gasteiger partial charge in [-0.1, -0.05) is 23.2 Å². The quantitative estimate of drug-likeness (QED) is 0.816. The van der Waals surface area contributed by atoms with Gasteiger partial charge in [0.05, 0.1) is 0 Å². The molecule has 1 fully saturated rings. The zero-order valence-corrected chi connectivity index (χ0v) is 9.55. The number of hydrogen-bond acceptors (Lipinski definition) is 4. The lowest BCUT2D eigenvalue weighted by Gasteiger charge is -2.22. The Labute approximate surface area is 98.0 Å². The predicted octanol–water partition coefficient (Wildman–Crippen LogP) is 2.37. The van der Waals surface area contributed by atoms with Crippen molar-refractivity contribution in [1.29, 1.82) is 0 Å². The SMILES string of the molecule is Clc1cc(Cl)nc(NC2CCOCC2)n1. The summed E-state index contributed by atoms with van der Waals surface area (Å²) in [6.07, 6.45) is 1.90. The molecule has 2 rings (SSSR count). The third-order valence-electron chi connectivity index (χ3n) is 2.22. The predicted molar refractivity (Wildman–Crippen MR) is 59.5 cm³/mol. The second-order valence-electron chi connectivity index (χ2n) is 3.37. The van der Waals surface area contributed by atoms with E-state index in [4.69, 9.17) is 27.9 Å². The van der Waals surface area contributed by atoms with E-state index in [2.05, 4.69) is 15.3 Å². The topological polar surface area (TPSA) is 47.0 Å². The molecule has 6 heteroatoms. The van der Waals surface area contributed by atoms with Crippen LogP contribution in [-0.4, -0.2) is 29.2 Å². The molecule has 0 atom stereocenters. The van der Waals surface area contributed by atoms with Crippen molar-refractivity contribution < 1.29 is 4.74 Å². The number of aromatic nitrogens is 2. The molecule has 1 aromatic heterocycles. The Morgan fingerprint density at radius 2 is 1.80 bits per heavy atom. The molecule has 82 valence electrons. The average molecular weight is 248 g/mol. The van der Waals surface area contributed by atoms with Crippen molar-refractivity contribution in [3.05, 3.63) is 16.4 Å². The molecule has 0 bridgehead atoms. The summed E-state index contributed by atoms with van der Waals surface area (Å²) in [6.45, 7) is 1.54. The van der Waals surface area contributed by atoms with Crippen molar-refractivity contribution in [2.24, 2.45) is 0 Å². The van der Waals surface area contributed by atoms with E-state index in [-0.39, 0.29) is 0 Å². The maximum atomic E-state index is 5.77. The van der Waals surface area contributed by atoms with E-state index in [1.807, 2.05) is 0 Å². The van der Waals surface area contributed by atoms with Crippen molar-refractivity contribution in [1.82, 2.24) is 9.97 Å². The molecule has 1 saturated heterocycles. The number of halogens is 2. The first-order valence-corrected chi connectivity index (χ1v) is 5.54. The fourth-order valence-corrected chi connectivity index (χ4v) is 1.90. The molecule has 0 spiro atoms. The molecule has 1 aliphatic rings. The number of nitrogens with zero attached hydrogens (tertiary/aromatic N) is 2. The van der Waals surface area contributed by atoms with E-state index >= 15 is 0 Å². The van der Waals surface area contributed by atoms with Crippen molar-refractivity contribution >= 4 is 29.2 Å². The fourth-order valence-electron chi connectivity index (χ4n) is 1.48. The summed E-state index contributed by atoms with van der Waals surface area (Å²) in [7, 11) is 0. The Kier molecular flexibility index (Phi) is 3.61. The normalized spacial score (nSPS) is 17.7. The van der Waals surface area contributed by atoms with Crippen LogP contribution in [0.15, 0.2) is 6.07 Å². The number of anilines is 1. The van der Waals surface area contributed by atoms with Crippen molar-refractivity contribution in [2.45, 2.75) is 18.9 Å². The van der Waals surface area contributed by atoms with Crippen LogP contribution in [0.25, 0.3) is 0 Å². The lowest BCUT2D eigenvalue weighted by molar-refractivity contribution is 0.0903. The molecule has 1 aliphatic heterocycles. The van der Waals surface area contributed by atoms with Crippen LogP contribution in [0.5, 0.6) is 0 Å². The van der Waals surface area contributed by atoms with E-state index in [0.29, 0.717) is 22.3 Å². The second kappa shape index (κ2) is 4.96. The van der Waals surface area contributed by atoms with Gasteiger partial charge in [-0.3, -0.25) is 0 Å². The highest BCUT2D eigenvalue weighted by atomic mass is 35.5. The van der Waals surface area contributed by atoms with E-state index < -0.39 is 0 Å². The van der Waals surface area contributed by atoms with Crippen LogP contribution in [0.3, 0.4) is 0 Å². The highest BCUT2D eigenvalue weighted by Crippen LogP contribution is 2.17. The monoisotopic (exact) mass is 247 g/mol. The van der Waals surface area contributed by atoms with Gasteiger partial charge in [0.2, 0.25) is 5.95 Å². The standard InChI is InChI=1S/C9H11Cl2N3O/c10-7-5-8(11)14-9(13-7)12-6-1-3-15-4-2-6/h5-6H,1-4H2,(H,12,13,14). The molecule has 15 heavy (non-hydrogen) atoms. The number of ether oxygens (including phenoxy) is 1. The summed E-state index contributed by atoms with van der Waals surface area (Å²) in [4.78, 5) is 8.09. The van der Waals surface area contributed by atoms with Crippen LogP contribution >= 0.6 is 23.2 Å². The molecule has 4 nitrogen and oxygen atoms in total. The van der Waals surface area contributed by atoms with Gasteiger partial charge in [-0.25, -0.2) is 9.97 Å². The zero-order valence-electron chi connectivity index (χ0n) is 8.04. The molecule has 0 unspecified atom stereocenters. The Balaban J connectivity index is 2.02. The van der Waals surface area contributed by atoms with E-state index in [9.17, 15) is 0 Å². The molecule has 0 aromatic carbocycles. The third-order valence-corrected chi connectivity index (χ3v) is 2.61. The van der Waals surface area contributed by atoms with Gasteiger partial charge in [0.15, 0.2) is 0 Å². The summed E-state index contributed by atoms with van der Waals surface area (Å²) in [6, 6.07) is 1.85. The van der Waals surface area contributed by atoms with Gasteiger partial charge in [0, 0.05) is 25.3 Å². The number of rotatable bonds is 2. The lowest BCUT2D eigenvalue weighted by Crippen LogP contribution is -2.28. The first-order chi connectivity index (χ1) is 7.24. The van der Waals surface area contributed by atoms with Crippen LogP contribution in [0.4, 0.5) is 5.95 Å². The van der Waals surface area contributed by atoms with Gasteiger partial charge in [-0.15, -0.1) is 0 Å². The minimum atomic E-state index is 0.341. The maximum absolute atomic E-state index is 5.77. The Morgan fingerprint density at radius 3 is 2.40 bits per heavy atom. The molecule has 1 N–H and O–H groups in total. The van der Waals surface area contributed by atoms with Crippen molar-refractivity contribution in [3.8, 4) is 0 Å². The molecule has 0 amide bonds. The molecule has 0 radical (unpaired) electrons. The van der Waals surface area contributed by atoms with Gasteiger partial charge in [-0.05, 0) is 12.8 Å². The second-order valence-corrected chi connectivity index (χ2v) is 4.14. The van der Waals surface area contributed by atoms with Crippen LogP contribution in [0, 0.1) is 0 Å². The first-order valence-electron chi connectivity index (χ1n) is 4.78. The molecule has 2 heterocycles. The van der Waals surface area contributed by atoms with Crippen LogP contribution in [0.1, 0.15) is 12.8 Å². The summed E-state index contributed by atoms with van der Waals surface area (Å²) >= 11 is 11.5. The minimum Gasteiger partial charge on any atom is -0.381 e. The van der Waals surface area contributed by atoms with Gasteiger partial charge in [0.25, 0.3) is 0 Å². The van der Waals surface area contributed by atoms with Gasteiger partial charge in [0.1, 0.15) is 10.3 Å². The largest absolute Gasteiger partial charge is 0.381 e. The van der Waals surface area contributed by atoms with E-state index in [0.717, 1.165) is 26.1 Å². The minimum absolute atomic E-state index is 0.341. The van der Waals surface area contributed by atoms with E-state index in [1.165, 1.54) is 6.07 Å². The Hall–Kier alpha value is -0.580. The molecule has 0 saturated carbocycles. The summed E-state index contributed by atoms with van der Waals surface area (Å²) < 4.78 is 5.25. The lowest BCUT2D eigenvalue weighted by atomic mass is 10.1. The van der Waals surface area contributed by atoms with Gasteiger partial charge >= 0.3 is 0 Å². The Bertz CT molecular complexity index is 322. The molecular formula is C9H11Cl2N3O. The highest BCUT2D eigenvalue weighted by Gasteiger charge is 2.14. The van der Waals surface area contributed by atoms with Gasteiger partial charge in [-0.2, -0.15) is 0 Å². The zero-order chi connectivity index (χ0) is 10.7. The summed E-state index contributed by atoms with van der Waals surface area (Å²) in [5.74, 6) is 0.486. The highest BCUT2D eigenvalue weighted by molar-refractivity contribution is 6.33. The van der Waals surface area contributed by atoms with E-state index in [1.54, 1.807) is 0 Å². The first kappa shape index (κ1) is 10.9. The molecule has 1 aromatic rings. The molecule has 0 aliphatic carbocycles. The molecular weight excluding hydrogens is 237 g/mol. The van der Waals surface area contributed by atoms with Gasteiger partial charge < -0.3 is 10.1 Å². The van der Waals surface area contributed by atoms with Crippen LogP contribution in [-0.2, 0) is 4.74 Å². The summed E-state index contributed by atoms with van der Waals surface area (Å²) in [5.41, 5.74) is 0. The summed E-state index contributed by atoms with van der Waals surface area (Å²) in [5, 5.41) is 3.89. The Morgan fingerprint density at radius 1 is 1.20 bits per heavy atom. The third kappa shape index (κ3) is 3.19.